The predicted molar refractivity (Wildman–Crippen MR) is 110 cm³/mol. The second-order valence-corrected chi connectivity index (χ2v) is 8.94. The number of nitrogens with zero attached hydrogens (tertiary/aromatic N) is 3. The Kier molecular flexibility index (Phi) is 7.00. The number of ether oxygens (including phenoxy) is 1. The number of rotatable bonds is 7. The molecule has 7 nitrogen and oxygen atoms in total. The van der Waals surface area contributed by atoms with Crippen LogP contribution in [0, 0.1) is 17.7 Å². The van der Waals surface area contributed by atoms with Crippen LogP contribution < -0.4 is 15.9 Å². The van der Waals surface area contributed by atoms with Crippen molar-refractivity contribution in [3.05, 3.63) is 35.9 Å². The SMILES string of the molecule is C[C@@H]1[C@@H](C)CCC[C@H]1NC(=O)[C@H](C)Sc1nnc(COc2ccccc2F)n1N. The maximum Gasteiger partial charge on any atom is 0.233 e. The molecule has 0 saturated heterocycles. The molecule has 1 heterocycles. The molecule has 9 heteroatoms. The molecule has 0 bridgehead atoms. The predicted octanol–water partition coefficient (Wildman–Crippen LogP) is 3.13. The third-order valence-electron chi connectivity index (χ3n) is 5.61. The van der Waals surface area contributed by atoms with Gasteiger partial charge in [0, 0.05) is 6.04 Å². The van der Waals surface area contributed by atoms with Crippen molar-refractivity contribution in [3.8, 4) is 5.75 Å². The summed E-state index contributed by atoms with van der Waals surface area (Å²) in [4.78, 5) is 12.6. The number of carbonyl (C=O) groups excluding carboxylic acids is 1. The molecule has 3 N–H and O–H groups in total. The van der Waals surface area contributed by atoms with E-state index in [1.54, 1.807) is 12.1 Å². The molecule has 158 valence electrons. The van der Waals surface area contributed by atoms with Crippen molar-refractivity contribution in [1.82, 2.24) is 20.2 Å². The Bertz CT molecular complexity index is 846. The number of aromatic nitrogens is 3. The average molecular weight is 422 g/mol. The van der Waals surface area contributed by atoms with E-state index in [4.69, 9.17) is 10.6 Å². The lowest BCUT2D eigenvalue weighted by molar-refractivity contribution is -0.121. The summed E-state index contributed by atoms with van der Waals surface area (Å²) in [7, 11) is 0. The fraction of sp³-hybridized carbons (Fsp3) is 0.550. The summed E-state index contributed by atoms with van der Waals surface area (Å²) in [6.07, 6.45) is 3.37. The van der Waals surface area contributed by atoms with Crippen LogP contribution in [0.2, 0.25) is 0 Å². The molecular formula is C20H28FN5O2S. The number of para-hydroxylation sites is 1. The first kappa shape index (κ1) is 21.4. The van der Waals surface area contributed by atoms with E-state index in [1.165, 1.54) is 35.0 Å². The largest absolute Gasteiger partial charge is 0.482 e. The second-order valence-electron chi connectivity index (χ2n) is 7.63. The molecule has 29 heavy (non-hydrogen) atoms. The minimum absolute atomic E-state index is 0.0248. The van der Waals surface area contributed by atoms with Crippen LogP contribution >= 0.6 is 11.8 Å². The Labute approximate surface area is 174 Å². The summed E-state index contributed by atoms with van der Waals surface area (Å²) >= 11 is 1.24. The Balaban J connectivity index is 1.56. The number of hydrogen-bond acceptors (Lipinski definition) is 6. The van der Waals surface area contributed by atoms with Gasteiger partial charge >= 0.3 is 0 Å². The molecule has 3 rings (SSSR count). The van der Waals surface area contributed by atoms with Crippen LogP contribution in [0.15, 0.2) is 29.4 Å². The highest BCUT2D eigenvalue weighted by Crippen LogP contribution is 2.30. The summed E-state index contributed by atoms with van der Waals surface area (Å²) in [6.45, 7) is 6.23. The smallest absolute Gasteiger partial charge is 0.233 e. The molecule has 1 aliphatic carbocycles. The van der Waals surface area contributed by atoms with Crippen molar-refractivity contribution in [2.75, 3.05) is 5.84 Å². The van der Waals surface area contributed by atoms with Gasteiger partial charge < -0.3 is 15.9 Å². The van der Waals surface area contributed by atoms with Gasteiger partial charge in [0.15, 0.2) is 17.4 Å². The number of amides is 1. The van der Waals surface area contributed by atoms with Crippen LogP contribution in [-0.4, -0.2) is 32.1 Å². The molecule has 1 aromatic carbocycles. The van der Waals surface area contributed by atoms with Gasteiger partial charge in [-0.2, -0.15) is 0 Å². The van der Waals surface area contributed by atoms with E-state index < -0.39 is 5.82 Å². The van der Waals surface area contributed by atoms with E-state index in [2.05, 4.69) is 29.4 Å². The van der Waals surface area contributed by atoms with Crippen molar-refractivity contribution in [2.45, 2.75) is 63.1 Å². The van der Waals surface area contributed by atoms with Crippen molar-refractivity contribution in [3.63, 3.8) is 0 Å². The fourth-order valence-electron chi connectivity index (χ4n) is 3.49. The minimum atomic E-state index is -0.457. The van der Waals surface area contributed by atoms with Gasteiger partial charge in [0.05, 0.1) is 5.25 Å². The number of nitrogen functional groups attached to an aromatic ring is 1. The van der Waals surface area contributed by atoms with E-state index in [0.717, 1.165) is 12.8 Å². The first-order valence-corrected chi connectivity index (χ1v) is 10.8. The molecule has 1 aromatic heterocycles. The first-order valence-electron chi connectivity index (χ1n) is 9.90. The molecule has 1 fully saturated rings. The van der Waals surface area contributed by atoms with Crippen molar-refractivity contribution < 1.29 is 13.9 Å². The highest BCUT2D eigenvalue weighted by molar-refractivity contribution is 8.00. The minimum Gasteiger partial charge on any atom is -0.482 e. The van der Waals surface area contributed by atoms with Crippen molar-refractivity contribution in [1.29, 1.82) is 0 Å². The Morgan fingerprint density at radius 3 is 2.90 bits per heavy atom. The van der Waals surface area contributed by atoms with Crippen molar-refractivity contribution >= 4 is 17.7 Å². The van der Waals surface area contributed by atoms with Crippen LogP contribution in [0.5, 0.6) is 5.75 Å². The standard InChI is InChI=1S/C20H28FN5O2S/c1-12-7-6-9-16(13(12)2)23-19(27)14(3)29-20-25-24-18(26(20)22)11-28-17-10-5-4-8-15(17)21/h4-5,8,10,12-14,16H,6-7,9,11,22H2,1-3H3,(H,23,27)/t12-,13+,14-,16+/m0/s1. The number of hydrogen-bond donors (Lipinski definition) is 2. The van der Waals surface area contributed by atoms with E-state index in [1.807, 2.05) is 6.92 Å². The Hall–Kier alpha value is -2.29. The fourth-order valence-corrected chi connectivity index (χ4v) is 4.29. The number of carbonyl (C=O) groups is 1. The number of halogens is 1. The summed E-state index contributed by atoms with van der Waals surface area (Å²) < 4.78 is 20.4. The molecule has 1 amide bonds. The zero-order valence-corrected chi connectivity index (χ0v) is 17.8. The normalized spacial score (nSPS) is 22.8. The summed E-state index contributed by atoms with van der Waals surface area (Å²) in [5, 5.41) is 11.3. The highest BCUT2D eigenvalue weighted by Gasteiger charge is 2.30. The van der Waals surface area contributed by atoms with E-state index in [0.29, 0.717) is 22.8 Å². The van der Waals surface area contributed by atoms with Gasteiger partial charge in [-0.25, -0.2) is 9.07 Å². The summed E-state index contributed by atoms with van der Waals surface area (Å²) in [6, 6.07) is 6.32. The summed E-state index contributed by atoms with van der Waals surface area (Å²) in [5.41, 5.74) is 0. The average Bonchev–Trinajstić information content (AvgIpc) is 3.04. The van der Waals surface area contributed by atoms with E-state index in [9.17, 15) is 9.18 Å². The lowest BCUT2D eigenvalue weighted by Gasteiger charge is -2.35. The first-order chi connectivity index (χ1) is 13.9. The lowest BCUT2D eigenvalue weighted by atomic mass is 9.78. The van der Waals surface area contributed by atoms with E-state index >= 15 is 0 Å². The van der Waals surface area contributed by atoms with E-state index in [-0.39, 0.29) is 29.6 Å². The number of nitrogens with two attached hydrogens (primary N) is 1. The van der Waals surface area contributed by atoms with Crippen LogP contribution in [0.25, 0.3) is 0 Å². The van der Waals surface area contributed by atoms with Gasteiger partial charge in [0.2, 0.25) is 11.1 Å². The van der Waals surface area contributed by atoms with Crippen LogP contribution in [-0.2, 0) is 11.4 Å². The number of benzene rings is 1. The van der Waals surface area contributed by atoms with Crippen LogP contribution in [0.1, 0.15) is 45.9 Å². The molecule has 1 aliphatic rings. The van der Waals surface area contributed by atoms with Gasteiger partial charge in [-0.3, -0.25) is 4.79 Å². The van der Waals surface area contributed by atoms with Gasteiger partial charge in [0.25, 0.3) is 0 Å². The summed E-state index contributed by atoms with van der Waals surface area (Å²) in [5.74, 6) is 7.09. The topological polar surface area (TPSA) is 95.1 Å². The monoisotopic (exact) mass is 421 g/mol. The van der Waals surface area contributed by atoms with Gasteiger partial charge in [-0.1, -0.05) is 50.6 Å². The van der Waals surface area contributed by atoms with Crippen LogP contribution in [0.3, 0.4) is 0 Å². The van der Waals surface area contributed by atoms with Crippen LogP contribution in [0.4, 0.5) is 4.39 Å². The third kappa shape index (κ3) is 5.20. The second kappa shape index (κ2) is 9.47. The quantitative estimate of drug-likeness (QED) is 0.527. The molecule has 0 radical (unpaired) electrons. The maximum absolute atomic E-state index is 13.7. The molecule has 0 unspecified atom stereocenters. The Morgan fingerprint density at radius 2 is 2.14 bits per heavy atom. The zero-order chi connectivity index (χ0) is 21.0. The van der Waals surface area contributed by atoms with Gasteiger partial charge in [-0.15, -0.1) is 10.2 Å². The lowest BCUT2D eigenvalue weighted by Crippen LogP contribution is -2.46. The molecule has 0 spiro atoms. The number of thioether (sulfide) groups is 1. The number of nitrogens with one attached hydrogen (secondary N) is 1. The highest BCUT2D eigenvalue weighted by atomic mass is 32.2. The van der Waals surface area contributed by atoms with Gasteiger partial charge in [-0.05, 0) is 37.3 Å². The molecule has 0 aliphatic heterocycles. The van der Waals surface area contributed by atoms with Gasteiger partial charge in [0.1, 0.15) is 6.61 Å². The zero-order valence-electron chi connectivity index (χ0n) is 17.0. The van der Waals surface area contributed by atoms with Crippen molar-refractivity contribution in [2.24, 2.45) is 11.8 Å². The Morgan fingerprint density at radius 1 is 1.38 bits per heavy atom. The molecule has 4 atom stereocenters. The molecular weight excluding hydrogens is 393 g/mol. The third-order valence-corrected chi connectivity index (χ3v) is 6.67. The molecule has 1 saturated carbocycles. The maximum atomic E-state index is 13.7. The molecule has 2 aromatic rings.